The van der Waals surface area contributed by atoms with Gasteiger partial charge in [0.1, 0.15) is 18.8 Å². The molecule has 4 heterocycles. The first-order valence-electron chi connectivity index (χ1n) is 13.0. The van der Waals surface area contributed by atoms with Crippen molar-refractivity contribution in [1.29, 1.82) is 0 Å². The van der Waals surface area contributed by atoms with Gasteiger partial charge in [0, 0.05) is 25.2 Å². The first kappa shape index (κ1) is 34.1. The van der Waals surface area contributed by atoms with Crippen LogP contribution in [0.2, 0.25) is 0 Å². The predicted molar refractivity (Wildman–Crippen MR) is 138 cm³/mol. The van der Waals surface area contributed by atoms with E-state index >= 15 is 0 Å². The zero-order valence-electron chi connectivity index (χ0n) is 23.8. The van der Waals surface area contributed by atoms with Gasteiger partial charge in [-0.25, -0.2) is 23.4 Å². The van der Waals surface area contributed by atoms with Crippen molar-refractivity contribution in [2.75, 3.05) is 19.6 Å². The smallest absolute Gasteiger partial charge is 1.00 e. The molecule has 2 fully saturated rings. The number of imidazole rings is 1. The standard InChI is InChI=1S/C26H27F5N6O3.K.H2O.H/c27-17-6-3-5-16(21(17)28)15-9-10-18(23(38)35(13-15)14-26(29,30)31)33-24(39)36-12-2-1-8-20(36)37-19-7-4-11-32-22(19)34-25(37)40;;;/h3-7,11,15,18,20H,1-2,8-10,12-14H2,(H,33,39)(H,32,34,40);;1H2;/q;+1;;-1/t15-,18-,20?;;;/m1.../s1. The van der Waals surface area contributed by atoms with Crippen LogP contribution in [0, 0.1) is 11.6 Å². The average molecular weight is 625 g/mol. The van der Waals surface area contributed by atoms with Crippen LogP contribution in [0.4, 0.5) is 26.7 Å². The summed E-state index contributed by atoms with van der Waals surface area (Å²) >= 11 is 0. The molecule has 4 N–H and O–H groups in total. The number of carbonyl (C=O) groups excluding carboxylic acids is 2. The number of fused-ring (bicyclic) bond motifs is 1. The van der Waals surface area contributed by atoms with Crippen molar-refractivity contribution in [2.24, 2.45) is 0 Å². The number of likely N-dealkylation sites (tertiary alicyclic amines) is 2. The number of urea groups is 1. The van der Waals surface area contributed by atoms with Gasteiger partial charge in [-0.1, -0.05) is 12.1 Å². The van der Waals surface area contributed by atoms with Gasteiger partial charge in [0.15, 0.2) is 17.3 Å². The molecular weight excluding hydrogens is 594 g/mol. The second-order valence-electron chi connectivity index (χ2n) is 10.1. The van der Waals surface area contributed by atoms with Crippen LogP contribution in [0.15, 0.2) is 41.3 Å². The van der Waals surface area contributed by atoms with Crippen molar-refractivity contribution in [3.05, 3.63) is 64.2 Å². The van der Waals surface area contributed by atoms with E-state index in [0.29, 0.717) is 28.9 Å². The van der Waals surface area contributed by atoms with E-state index in [0.717, 1.165) is 12.5 Å². The number of rotatable bonds is 4. The monoisotopic (exact) mass is 624 g/mol. The summed E-state index contributed by atoms with van der Waals surface area (Å²) in [4.78, 5) is 48.2. The Bertz CT molecular complexity index is 1490. The summed E-state index contributed by atoms with van der Waals surface area (Å²) in [6.45, 7) is -1.84. The molecule has 0 aliphatic carbocycles. The van der Waals surface area contributed by atoms with E-state index < -0.39 is 66.7 Å². The summed E-state index contributed by atoms with van der Waals surface area (Å²) in [6, 6.07) is 4.73. The quantitative estimate of drug-likeness (QED) is 0.320. The maximum absolute atomic E-state index is 14.5. The van der Waals surface area contributed by atoms with Crippen LogP contribution >= 0.6 is 0 Å². The molecule has 2 aromatic heterocycles. The Morgan fingerprint density at radius 2 is 1.86 bits per heavy atom. The van der Waals surface area contributed by atoms with Gasteiger partial charge in [0.25, 0.3) is 0 Å². The van der Waals surface area contributed by atoms with Crippen LogP contribution in [0.3, 0.4) is 0 Å². The molecule has 42 heavy (non-hydrogen) atoms. The Balaban J connectivity index is 0.00000215. The van der Waals surface area contributed by atoms with Gasteiger partial charge in [-0.2, -0.15) is 13.2 Å². The molecule has 2 aliphatic rings. The zero-order valence-corrected chi connectivity index (χ0v) is 25.9. The third-order valence-corrected chi connectivity index (χ3v) is 7.46. The summed E-state index contributed by atoms with van der Waals surface area (Å²) in [7, 11) is 0. The maximum atomic E-state index is 14.5. The summed E-state index contributed by atoms with van der Waals surface area (Å²) in [6.07, 6.45) is -2.22. The average Bonchev–Trinajstić information content (AvgIpc) is 3.17. The molecular formula is C26H30F5KN6O4. The number of pyridine rings is 1. The molecule has 0 saturated carbocycles. The molecule has 3 aromatic rings. The number of nitrogens with one attached hydrogen (secondary N) is 2. The minimum Gasteiger partial charge on any atom is -1.00 e. The topological polar surface area (TPSA) is 135 Å². The Labute approximate surface area is 280 Å². The van der Waals surface area contributed by atoms with Crippen molar-refractivity contribution in [3.63, 3.8) is 0 Å². The molecule has 0 bridgehead atoms. The summed E-state index contributed by atoms with van der Waals surface area (Å²) in [5, 5.41) is 2.57. The molecule has 10 nitrogen and oxygen atoms in total. The minimum atomic E-state index is -4.75. The van der Waals surface area contributed by atoms with Crippen LogP contribution in [-0.2, 0) is 4.79 Å². The number of benzene rings is 1. The Hall–Kier alpha value is -2.37. The molecule has 2 saturated heterocycles. The molecule has 224 valence electrons. The second-order valence-corrected chi connectivity index (χ2v) is 10.1. The van der Waals surface area contributed by atoms with Crippen LogP contribution < -0.4 is 62.4 Å². The van der Waals surface area contributed by atoms with E-state index in [-0.39, 0.29) is 83.2 Å². The number of H-pyrrole nitrogens is 1. The van der Waals surface area contributed by atoms with E-state index in [2.05, 4.69) is 15.3 Å². The van der Waals surface area contributed by atoms with Gasteiger partial charge >= 0.3 is 69.3 Å². The number of hydrogen-bond acceptors (Lipinski definition) is 4. The van der Waals surface area contributed by atoms with Crippen molar-refractivity contribution in [1.82, 2.24) is 29.7 Å². The summed E-state index contributed by atoms with van der Waals surface area (Å²) in [5.41, 5.74) is 0.227. The Kier molecular flexibility index (Phi) is 11.3. The number of halogens is 5. The maximum Gasteiger partial charge on any atom is 1.00 e. The van der Waals surface area contributed by atoms with Crippen LogP contribution in [0.1, 0.15) is 51.2 Å². The van der Waals surface area contributed by atoms with E-state index in [9.17, 15) is 36.3 Å². The molecule has 1 unspecified atom stereocenters. The van der Waals surface area contributed by atoms with Crippen LogP contribution in [0.25, 0.3) is 11.2 Å². The molecule has 16 heteroatoms. The third kappa shape index (κ3) is 7.22. The number of piperidine rings is 1. The van der Waals surface area contributed by atoms with Crippen LogP contribution in [-0.4, -0.2) is 73.6 Å². The number of carbonyl (C=O) groups is 2. The molecule has 1 aromatic carbocycles. The molecule has 2 aliphatic heterocycles. The van der Waals surface area contributed by atoms with Crippen molar-refractivity contribution in [3.8, 4) is 0 Å². The van der Waals surface area contributed by atoms with Gasteiger partial charge < -0.3 is 22.0 Å². The van der Waals surface area contributed by atoms with Gasteiger partial charge in [-0.3, -0.25) is 14.3 Å². The van der Waals surface area contributed by atoms with Gasteiger partial charge in [-0.05, 0) is 55.9 Å². The molecule has 0 spiro atoms. The molecule has 0 radical (unpaired) electrons. The predicted octanol–water partition coefficient (Wildman–Crippen LogP) is 0.326. The third-order valence-electron chi connectivity index (χ3n) is 7.46. The van der Waals surface area contributed by atoms with Crippen LogP contribution in [0.5, 0.6) is 0 Å². The van der Waals surface area contributed by atoms with E-state index in [1.165, 1.54) is 27.8 Å². The molecule has 3 atom stereocenters. The first-order chi connectivity index (χ1) is 19.0. The van der Waals surface area contributed by atoms with Crippen molar-refractivity contribution in [2.45, 2.75) is 56.4 Å². The first-order valence-corrected chi connectivity index (χ1v) is 13.0. The normalized spacial score (nSPS) is 21.4. The van der Waals surface area contributed by atoms with Gasteiger partial charge in [-0.15, -0.1) is 0 Å². The van der Waals surface area contributed by atoms with E-state index in [1.807, 2.05) is 0 Å². The second kappa shape index (κ2) is 13.9. The fraction of sp³-hybridized carbons (Fsp3) is 0.462. The molecule has 5 rings (SSSR count). The van der Waals surface area contributed by atoms with Gasteiger partial charge in [0.05, 0.1) is 5.52 Å². The summed E-state index contributed by atoms with van der Waals surface area (Å²) in [5.74, 6) is -4.20. The number of nitrogens with zero attached hydrogens (tertiary/aromatic N) is 4. The fourth-order valence-corrected chi connectivity index (χ4v) is 5.65. The number of aromatic nitrogens is 3. The SMILES string of the molecule is O.O=C1[C@H](NC(=O)N2CCCCC2n2c(=O)[nH]c3ncccc32)CC[C@@H](c2cccc(F)c2F)CN1CC(F)(F)F.[H-].[K+]. The molecule has 3 amide bonds. The summed E-state index contributed by atoms with van der Waals surface area (Å²) < 4.78 is 70.1. The largest absolute Gasteiger partial charge is 1.00 e. The van der Waals surface area contributed by atoms with Crippen molar-refractivity contribution < 1.29 is 89.8 Å². The Morgan fingerprint density at radius 3 is 2.60 bits per heavy atom. The van der Waals surface area contributed by atoms with E-state index in [4.69, 9.17) is 0 Å². The van der Waals surface area contributed by atoms with E-state index in [1.54, 1.807) is 12.1 Å². The Morgan fingerprint density at radius 1 is 1.10 bits per heavy atom. The van der Waals surface area contributed by atoms with Crippen molar-refractivity contribution >= 4 is 23.1 Å². The number of amides is 3. The fourth-order valence-electron chi connectivity index (χ4n) is 5.65. The van der Waals surface area contributed by atoms with Gasteiger partial charge in [0.2, 0.25) is 5.91 Å². The number of hydrogen-bond donors (Lipinski definition) is 2. The number of aromatic amines is 1. The number of alkyl halides is 3. The minimum absolute atomic E-state index is 0. The zero-order chi connectivity index (χ0) is 28.6.